The molecule has 0 aliphatic carbocycles. The molecule has 0 spiro atoms. The summed E-state index contributed by atoms with van der Waals surface area (Å²) >= 11 is 5.70. The van der Waals surface area contributed by atoms with E-state index in [4.69, 9.17) is 21.1 Å². The van der Waals surface area contributed by atoms with Crippen molar-refractivity contribution >= 4 is 23.4 Å². The van der Waals surface area contributed by atoms with Gasteiger partial charge in [-0.2, -0.15) is 13.2 Å². The Bertz CT molecular complexity index is 1530. The highest BCUT2D eigenvalue weighted by atomic mass is 35.5. The number of nitrogens with one attached hydrogen (secondary N) is 2. The predicted molar refractivity (Wildman–Crippen MR) is 288 cm³/mol. The molecule has 1 heterocycles. The molecule has 0 radical (unpaired) electrons. The summed E-state index contributed by atoms with van der Waals surface area (Å²) in [7, 11) is 0. The highest BCUT2D eigenvalue weighted by molar-refractivity contribution is 6.31. The standard InChI is InChI=1S/C58H102ClF3N2O9/c1-3-5-7-9-11-13-15-17-18-19-20-21-22-23-24-25-26-27-29-31-33-35-37-39-51(66)64-48(52(67)49(65)38-36-34-32-30-28-16-14-12-10-8-6-4-2)44-72-57-55(70)54(69)53(68)50(73-57)43-63-56(71)45-40-41-47(59)46(42-45)58(60,61)62/h40-42,48-50,52-55,57,65,67-70H,3-39,43-44H2,1-2H3,(H,63,71)(H,64,66)/t48-,49+,50+,52-,53-,54-,55+,57-/m0/s1. The van der Waals surface area contributed by atoms with Crippen LogP contribution in [0.5, 0.6) is 0 Å². The van der Waals surface area contributed by atoms with Crippen LogP contribution in [-0.2, 0) is 20.4 Å². The van der Waals surface area contributed by atoms with Crippen molar-refractivity contribution in [1.82, 2.24) is 10.6 Å². The monoisotopic (exact) mass is 1060 g/mol. The van der Waals surface area contributed by atoms with Gasteiger partial charge in [0.2, 0.25) is 5.91 Å². The van der Waals surface area contributed by atoms with Gasteiger partial charge in [-0.1, -0.05) is 244 Å². The van der Waals surface area contributed by atoms with Crippen LogP contribution in [0.3, 0.4) is 0 Å². The number of halogens is 4. The van der Waals surface area contributed by atoms with Crippen molar-refractivity contribution in [2.45, 2.75) is 307 Å². The van der Waals surface area contributed by atoms with Crippen LogP contribution in [0.25, 0.3) is 0 Å². The molecule has 2 amide bonds. The lowest BCUT2D eigenvalue weighted by Crippen LogP contribution is -2.61. The van der Waals surface area contributed by atoms with Crippen LogP contribution in [0.1, 0.15) is 267 Å². The summed E-state index contributed by atoms with van der Waals surface area (Å²) in [6, 6.07) is 1.51. The van der Waals surface area contributed by atoms with Crippen molar-refractivity contribution in [3.05, 3.63) is 34.3 Å². The average Bonchev–Trinajstić information content (AvgIpc) is 3.36. The van der Waals surface area contributed by atoms with E-state index in [0.29, 0.717) is 18.9 Å². The maximum atomic E-state index is 13.4. The number of ether oxygens (including phenoxy) is 2. The molecule has 0 aromatic heterocycles. The van der Waals surface area contributed by atoms with Crippen LogP contribution < -0.4 is 10.6 Å². The smallest absolute Gasteiger partial charge is 0.390 e. The van der Waals surface area contributed by atoms with Crippen LogP contribution in [0.2, 0.25) is 5.02 Å². The van der Waals surface area contributed by atoms with E-state index >= 15 is 0 Å². The Kier molecular flexibility index (Phi) is 38.6. The molecule has 15 heteroatoms. The van der Waals surface area contributed by atoms with Gasteiger partial charge in [0, 0.05) is 18.5 Å². The molecule has 73 heavy (non-hydrogen) atoms. The molecule has 1 aromatic rings. The van der Waals surface area contributed by atoms with E-state index in [1.165, 1.54) is 173 Å². The zero-order chi connectivity index (χ0) is 53.5. The zero-order valence-corrected chi connectivity index (χ0v) is 46.1. The molecule has 1 saturated heterocycles. The molecule has 426 valence electrons. The Morgan fingerprint density at radius 1 is 0.616 bits per heavy atom. The van der Waals surface area contributed by atoms with Gasteiger partial charge in [-0.25, -0.2) is 0 Å². The Labute approximate surface area is 444 Å². The first-order valence-corrected chi connectivity index (χ1v) is 29.7. The van der Waals surface area contributed by atoms with Crippen LogP contribution >= 0.6 is 11.6 Å². The fourth-order valence-electron chi connectivity index (χ4n) is 9.81. The van der Waals surface area contributed by atoms with Gasteiger partial charge in [-0.3, -0.25) is 9.59 Å². The molecular formula is C58H102ClF3N2O9. The van der Waals surface area contributed by atoms with E-state index in [1.807, 2.05) is 0 Å². The zero-order valence-electron chi connectivity index (χ0n) is 45.3. The van der Waals surface area contributed by atoms with Crippen molar-refractivity contribution in [3.63, 3.8) is 0 Å². The van der Waals surface area contributed by atoms with Crippen LogP contribution in [0.4, 0.5) is 13.2 Å². The van der Waals surface area contributed by atoms with E-state index < -0.39 is 84.8 Å². The van der Waals surface area contributed by atoms with E-state index in [2.05, 4.69) is 24.5 Å². The molecule has 7 N–H and O–H groups in total. The van der Waals surface area contributed by atoms with Gasteiger partial charge in [-0.05, 0) is 31.0 Å². The number of rotatable bonds is 46. The van der Waals surface area contributed by atoms with Crippen LogP contribution in [-0.4, -0.2) is 99.5 Å². The summed E-state index contributed by atoms with van der Waals surface area (Å²) in [5.41, 5.74) is -1.56. The first kappa shape index (κ1) is 67.1. The highest BCUT2D eigenvalue weighted by Gasteiger charge is 2.45. The molecule has 0 bridgehead atoms. The number of aliphatic hydroxyl groups excluding tert-OH is 5. The molecule has 1 aliphatic heterocycles. The average molecular weight is 1060 g/mol. The summed E-state index contributed by atoms with van der Waals surface area (Å²) in [5, 5.41) is 59.3. The normalized spacial score (nSPS) is 19.5. The number of aliphatic hydroxyl groups is 5. The third-order valence-electron chi connectivity index (χ3n) is 14.6. The Morgan fingerprint density at radius 3 is 1.45 bits per heavy atom. The van der Waals surface area contributed by atoms with Gasteiger partial charge in [-0.15, -0.1) is 0 Å². The number of hydrogen-bond acceptors (Lipinski definition) is 9. The molecule has 1 aromatic carbocycles. The van der Waals surface area contributed by atoms with E-state index in [9.17, 15) is 48.3 Å². The molecule has 0 saturated carbocycles. The minimum absolute atomic E-state index is 0.199. The van der Waals surface area contributed by atoms with Gasteiger partial charge in [0.15, 0.2) is 6.29 Å². The van der Waals surface area contributed by atoms with E-state index in [-0.39, 0.29) is 24.3 Å². The van der Waals surface area contributed by atoms with Crippen LogP contribution in [0, 0.1) is 0 Å². The van der Waals surface area contributed by atoms with Crippen LogP contribution in [0.15, 0.2) is 18.2 Å². The number of carbonyl (C=O) groups excluding carboxylic acids is 2. The molecular weight excluding hydrogens is 961 g/mol. The fraction of sp³-hybridized carbons (Fsp3) is 0.862. The van der Waals surface area contributed by atoms with Gasteiger partial charge in [0.1, 0.15) is 30.5 Å². The summed E-state index contributed by atoms with van der Waals surface area (Å²) < 4.78 is 51.8. The van der Waals surface area contributed by atoms with Gasteiger partial charge in [0.25, 0.3) is 5.91 Å². The lowest BCUT2D eigenvalue weighted by atomic mass is 9.98. The number of alkyl halides is 3. The maximum absolute atomic E-state index is 13.4. The minimum Gasteiger partial charge on any atom is -0.390 e. The van der Waals surface area contributed by atoms with Crippen molar-refractivity contribution in [3.8, 4) is 0 Å². The summed E-state index contributed by atoms with van der Waals surface area (Å²) in [4.78, 5) is 26.1. The number of unbranched alkanes of at least 4 members (excludes halogenated alkanes) is 33. The second-order valence-electron chi connectivity index (χ2n) is 21.2. The van der Waals surface area contributed by atoms with Crippen molar-refractivity contribution in [1.29, 1.82) is 0 Å². The van der Waals surface area contributed by atoms with Gasteiger partial charge < -0.3 is 45.6 Å². The summed E-state index contributed by atoms with van der Waals surface area (Å²) in [5.74, 6) is -1.28. The lowest BCUT2D eigenvalue weighted by Gasteiger charge is -2.41. The number of hydrogen-bond donors (Lipinski definition) is 7. The van der Waals surface area contributed by atoms with Crippen molar-refractivity contribution in [2.24, 2.45) is 0 Å². The second-order valence-corrected chi connectivity index (χ2v) is 21.6. The molecule has 11 nitrogen and oxygen atoms in total. The quantitative estimate of drug-likeness (QED) is 0.0313. The second kappa shape index (κ2) is 42.0. The van der Waals surface area contributed by atoms with E-state index in [0.717, 1.165) is 50.7 Å². The van der Waals surface area contributed by atoms with E-state index in [1.54, 1.807) is 0 Å². The first-order valence-electron chi connectivity index (χ1n) is 29.3. The predicted octanol–water partition coefficient (Wildman–Crippen LogP) is 13.6. The number of benzene rings is 1. The third-order valence-corrected chi connectivity index (χ3v) is 14.9. The first-order chi connectivity index (χ1) is 35.2. The fourth-order valence-corrected chi connectivity index (χ4v) is 10.0. The number of carbonyl (C=O) groups is 2. The summed E-state index contributed by atoms with van der Waals surface area (Å²) in [6.45, 7) is 3.55. The Morgan fingerprint density at radius 2 is 1.03 bits per heavy atom. The highest BCUT2D eigenvalue weighted by Crippen LogP contribution is 2.35. The molecule has 8 atom stereocenters. The Balaban J connectivity index is 1.79. The molecule has 0 unspecified atom stereocenters. The van der Waals surface area contributed by atoms with Gasteiger partial charge in [0.05, 0.1) is 29.3 Å². The SMILES string of the molecule is CCCCCCCCCCCCCCCCCCCCCCCCCC(=O)N[C@@H](CO[C@H]1O[C@H](CNC(=O)c2ccc(Cl)c(C(F)(F)F)c2)[C@H](O)[C@H](O)[C@H]1O)[C@H](O)[C@H](O)CCCCCCCCCCCCCC. The maximum Gasteiger partial charge on any atom is 0.417 e. The summed E-state index contributed by atoms with van der Waals surface area (Å²) in [6.07, 6.45) is 27.7. The van der Waals surface area contributed by atoms with Crippen molar-refractivity contribution in [2.75, 3.05) is 13.2 Å². The molecule has 1 fully saturated rings. The largest absolute Gasteiger partial charge is 0.417 e. The third kappa shape index (κ3) is 31.1. The number of amides is 2. The minimum atomic E-state index is -4.81. The Hall–Kier alpha value is -2.04. The molecule has 2 rings (SSSR count). The molecule has 1 aliphatic rings. The topological polar surface area (TPSA) is 178 Å². The van der Waals surface area contributed by atoms with Gasteiger partial charge >= 0.3 is 6.18 Å². The van der Waals surface area contributed by atoms with Crippen molar-refractivity contribution < 1.29 is 57.8 Å². The lowest BCUT2D eigenvalue weighted by molar-refractivity contribution is -0.297.